The monoisotopic (exact) mass is 405 g/mol. The smallest absolute Gasteiger partial charge is 0.264 e. The van der Waals surface area contributed by atoms with Gasteiger partial charge in [0.05, 0.1) is 16.0 Å². The molecule has 1 aromatic carbocycles. The summed E-state index contributed by atoms with van der Waals surface area (Å²) in [6, 6.07) is 13.8. The fourth-order valence-corrected chi connectivity index (χ4v) is 4.29. The summed E-state index contributed by atoms with van der Waals surface area (Å²) in [7, 11) is 0. The number of pyridine rings is 1. The Morgan fingerprint density at radius 1 is 1.07 bits per heavy atom. The van der Waals surface area contributed by atoms with Gasteiger partial charge < -0.3 is 14.3 Å². The number of fused-ring (bicyclic) bond motifs is 1. The van der Waals surface area contributed by atoms with Crippen LogP contribution in [0.5, 0.6) is 0 Å². The van der Waals surface area contributed by atoms with E-state index in [9.17, 15) is 4.79 Å². The van der Waals surface area contributed by atoms with E-state index in [4.69, 9.17) is 9.51 Å². The lowest BCUT2D eigenvalue weighted by molar-refractivity contribution is 0.0751. The maximum atomic E-state index is 12.6. The first-order valence-electron chi connectivity index (χ1n) is 9.47. The van der Waals surface area contributed by atoms with Crippen LogP contribution in [0.2, 0.25) is 0 Å². The minimum atomic E-state index is 0.0973. The Morgan fingerprint density at radius 3 is 2.62 bits per heavy atom. The molecule has 1 amide bonds. The number of carbonyl (C=O) groups is 1. The van der Waals surface area contributed by atoms with Crippen LogP contribution >= 0.6 is 11.3 Å². The zero-order chi connectivity index (χ0) is 19.8. The third-order valence-electron chi connectivity index (χ3n) is 5.07. The number of thiophene rings is 1. The summed E-state index contributed by atoms with van der Waals surface area (Å²) >= 11 is 1.48. The number of hydrogen-bond donors (Lipinski definition) is 0. The van der Waals surface area contributed by atoms with Gasteiger partial charge in [-0.1, -0.05) is 29.4 Å². The standard InChI is InChI=1S/C21H19N5O2S/c1-14-22-19(24-28-14)16-13-15-5-2-3-6-17(15)23-20(16)25-8-10-26(11-9-25)21(27)18-7-4-12-29-18/h2-7,12-13H,8-11H2,1H3. The second kappa shape index (κ2) is 7.29. The number of nitrogens with zero attached hydrogens (tertiary/aromatic N) is 5. The summed E-state index contributed by atoms with van der Waals surface area (Å²) in [6.45, 7) is 4.48. The Bertz CT molecular complexity index is 1160. The van der Waals surface area contributed by atoms with Crippen LogP contribution in [0.25, 0.3) is 22.3 Å². The molecule has 146 valence electrons. The number of carbonyl (C=O) groups excluding carboxylic acids is 1. The molecule has 4 aromatic rings. The summed E-state index contributed by atoms with van der Waals surface area (Å²) in [5.41, 5.74) is 1.77. The topological polar surface area (TPSA) is 75.4 Å². The van der Waals surface area contributed by atoms with Crippen molar-refractivity contribution in [1.29, 1.82) is 0 Å². The van der Waals surface area contributed by atoms with Crippen molar-refractivity contribution >= 4 is 34.0 Å². The van der Waals surface area contributed by atoms with Gasteiger partial charge in [0.2, 0.25) is 11.7 Å². The van der Waals surface area contributed by atoms with Gasteiger partial charge in [-0.05, 0) is 23.6 Å². The van der Waals surface area contributed by atoms with E-state index < -0.39 is 0 Å². The highest BCUT2D eigenvalue weighted by Gasteiger charge is 2.26. The Labute approximate surface area is 171 Å². The highest BCUT2D eigenvalue weighted by Crippen LogP contribution is 2.31. The average Bonchev–Trinajstić information content (AvgIpc) is 3.44. The predicted octanol–water partition coefficient (Wildman–Crippen LogP) is 3.62. The van der Waals surface area contributed by atoms with Gasteiger partial charge in [0, 0.05) is 38.5 Å². The van der Waals surface area contributed by atoms with Gasteiger partial charge in [-0.2, -0.15) is 4.98 Å². The number of amides is 1. The molecule has 0 atom stereocenters. The molecule has 3 aromatic heterocycles. The second-order valence-electron chi connectivity index (χ2n) is 6.95. The zero-order valence-corrected chi connectivity index (χ0v) is 16.7. The maximum Gasteiger partial charge on any atom is 0.264 e. The van der Waals surface area contributed by atoms with E-state index in [0.717, 1.165) is 27.2 Å². The van der Waals surface area contributed by atoms with Crippen LogP contribution in [0.3, 0.4) is 0 Å². The van der Waals surface area contributed by atoms with Crippen molar-refractivity contribution in [1.82, 2.24) is 20.0 Å². The van der Waals surface area contributed by atoms with E-state index >= 15 is 0 Å². The third kappa shape index (κ3) is 3.36. The van der Waals surface area contributed by atoms with Crippen molar-refractivity contribution in [3.63, 3.8) is 0 Å². The Hall–Kier alpha value is -3.26. The molecule has 1 fully saturated rings. The van der Waals surface area contributed by atoms with Crippen molar-refractivity contribution in [2.45, 2.75) is 6.92 Å². The summed E-state index contributed by atoms with van der Waals surface area (Å²) in [4.78, 5) is 26.8. The molecule has 7 nitrogen and oxygen atoms in total. The Morgan fingerprint density at radius 2 is 1.90 bits per heavy atom. The van der Waals surface area contributed by atoms with Crippen molar-refractivity contribution in [2.24, 2.45) is 0 Å². The number of para-hydroxylation sites is 1. The molecule has 29 heavy (non-hydrogen) atoms. The molecule has 0 unspecified atom stereocenters. The molecule has 0 saturated carbocycles. The van der Waals surface area contributed by atoms with Gasteiger partial charge in [0.1, 0.15) is 5.82 Å². The van der Waals surface area contributed by atoms with Crippen molar-refractivity contribution in [3.05, 3.63) is 58.6 Å². The lowest BCUT2D eigenvalue weighted by Gasteiger charge is -2.36. The van der Waals surface area contributed by atoms with Gasteiger partial charge in [-0.3, -0.25) is 4.79 Å². The lowest BCUT2D eigenvalue weighted by Crippen LogP contribution is -2.49. The highest BCUT2D eigenvalue weighted by molar-refractivity contribution is 7.12. The van der Waals surface area contributed by atoms with E-state index in [1.165, 1.54) is 11.3 Å². The Kier molecular flexibility index (Phi) is 4.48. The molecular weight excluding hydrogens is 386 g/mol. The minimum Gasteiger partial charge on any atom is -0.352 e. The number of anilines is 1. The van der Waals surface area contributed by atoms with Crippen molar-refractivity contribution in [2.75, 3.05) is 31.1 Å². The Balaban J connectivity index is 1.46. The zero-order valence-electron chi connectivity index (χ0n) is 15.9. The fourth-order valence-electron chi connectivity index (χ4n) is 3.60. The van der Waals surface area contributed by atoms with Gasteiger partial charge in [-0.25, -0.2) is 4.98 Å². The molecule has 5 rings (SSSR count). The molecule has 0 radical (unpaired) electrons. The van der Waals surface area contributed by atoms with Crippen LogP contribution in [-0.2, 0) is 0 Å². The fraction of sp³-hybridized carbons (Fsp3) is 0.238. The predicted molar refractivity (Wildman–Crippen MR) is 112 cm³/mol. The molecule has 1 aliphatic rings. The summed E-state index contributed by atoms with van der Waals surface area (Å²) < 4.78 is 5.20. The molecule has 1 saturated heterocycles. The first-order chi connectivity index (χ1) is 14.2. The van der Waals surface area contributed by atoms with E-state index in [1.807, 2.05) is 46.7 Å². The lowest BCUT2D eigenvalue weighted by atomic mass is 10.1. The normalized spacial score (nSPS) is 14.5. The second-order valence-corrected chi connectivity index (χ2v) is 7.89. The summed E-state index contributed by atoms with van der Waals surface area (Å²) in [5.74, 6) is 1.98. The SMILES string of the molecule is Cc1nc(-c2cc3ccccc3nc2N2CCN(C(=O)c3cccs3)CC2)no1. The van der Waals surface area contributed by atoms with Crippen LogP contribution in [-0.4, -0.2) is 52.1 Å². The van der Waals surface area contributed by atoms with Gasteiger partial charge in [0.25, 0.3) is 5.91 Å². The molecule has 4 heterocycles. The molecule has 0 aliphatic carbocycles. The van der Waals surface area contributed by atoms with E-state index in [0.29, 0.717) is 37.9 Å². The minimum absolute atomic E-state index is 0.0973. The summed E-state index contributed by atoms with van der Waals surface area (Å²) in [6.07, 6.45) is 0. The number of aromatic nitrogens is 3. The number of hydrogen-bond acceptors (Lipinski definition) is 7. The maximum absolute atomic E-state index is 12.6. The highest BCUT2D eigenvalue weighted by atomic mass is 32.1. The average molecular weight is 405 g/mol. The quantitative estimate of drug-likeness (QED) is 0.518. The van der Waals surface area contributed by atoms with Crippen LogP contribution in [0.1, 0.15) is 15.6 Å². The largest absolute Gasteiger partial charge is 0.352 e. The van der Waals surface area contributed by atoms with E-state index in [1.54, 1.807) is 6.92 Å². The molecule has 0 N–H and O–H groups in total. The summed E-state index contributed by atoms with van der Waals surface area (Å²) in [5, 5.41) is 7.07. The molecule has 1 aliphatic heterocycles. The third-order valence-corrected chi connectivity index (χ3v) is 5.93. The molecule has 8 heteroatoms. The number of piperazine rings is 1. The van der Waals surface area contributed by atoms with Crippen LogP contribution in [0.4, 0.5) is 5.82 Å². The van der Waals surface area contributed by atoms with Gasteiger partial charge in [0.15, 0.2) is 0 Å². The van der Waals surface area contributed by atoms with Crippen molar-refractivity contribution < 1.29 is 9.32 Å². The van der Waals surface area contributed by atoms with Crippen LogP contribution in [0, 0.1) is 6.92 Å². The van der Waals surface area contributed by atoms with Crippen LogP contribution < -0.4 is 4.90 Å². The number of rotatable bonds is 3. The molecular formula is C21H19N5O2S. The van der Waals surface area contributed by atoms with Crippen LogP contribution in [0.15, 0.2) is 52.4 Å². The van der Waals surface area contributed by atoms with E-state index in [-0.39, 0.29) is 5.91 Å². The van der Waals surface area contributed by atoms with E-state index in [2.05, 4.69) is 21.1 Å². The van der Waals surface area contributed by atoms with Gasteiger partial charge in [-0.15, -0.1) is 11.3 Å². The molecule has 0 spiro atoms. The van der Waals surface area contributed by atoms with Crippen molar-refractivity contribution in [3.8, 4) is 11.4 Å². The number of aryl methyl sites for hydroxylation is 1. The number of benzene rings is 1. The first kappa shape index (κ1) is 17.8. The molecule has 0 bridgehead atoms. The van der Waals surface area contributed by atoms with Gasteiger partial charge >= 0.3 is 0 Å². The first-order valence-corrected chi connectivity index (χ1v) is 10.4.